The van der Waals surface area contributed by atoms with E-state index in [0.29, 0.717) is 0 Å². The number of aromatic nitrogens is 4. The number of nitrogens with one attached hydrogen (secondary N) is 1. The van der Waals surface area contributed by atoms with Crippen molar-refractivity contribution in [2.75, 3.05) is 18.9 Å². The molecule has 0 fully saturated rings. The van der Waals surface area contributed by atoms with Crippen LogP contribution in [0.5, 0.6) is 0 Å². The first-order valence-corrected chi connectivity index (χ1v) is 7.68. The van der Waals surface area contributed by atoms with Crippen LogP contribution in [0.3, 0.4) is 0 Å². The molecule has 0 aromatic carbocycles. The van der Waals surface area contributed by atoms with Gasteiger partial charge in [0.25, 0.3) is 5.56 Å². The summed E-state index contributed by atoms with van der Waals surface area (Å²) in [4.78, 5) is 33.5. The van der Waals surface area contributed by atoms with Crippen molar-refractivity contribution in [2.45, 2.75) is 32.7 Å². The summed E-state index contributed by atoms with van der Waals surface area (Å²) in [6.07, 6.45) is 0.361. The van der Waals surface area contributed by atoms with Crippen LogP contribution in [0.15, 0.2) is 11.1 Å². The summed E-state index contributed by atoms with van der Waals surface area (Å²) in [5, 5.41) is 9.79. The van der Waals surface area contributed by atoms with Gasteiger partial charge in [-0.2, -0.15) is 4.98 Å². The molecule has 0 spiro atoms. The Hall–Kier alpha value is -2.50. The van der Waals surface area contributed by atoms with E-state index in [1.807, 2.05) is 0 Å². The molecule has 138 valence electrons. The number of H-pyrrole nitrogens is 1. The number of rotatable bonds is 8. The van der Waals surface area contributed by atoms with Gasteiger partial charge in [-0.05, 0) is 5.92 Å². The molecular formula is C14H22N6O5. The maximum Gasteiger partial charge on any atom is 0.323 e. The van der Waals surface area contributed by atoms with Gasteiger partial charge in [-0.15, -0.1) is 0 Å². The number of aliphatic hydroxyl groups is 1. The minimum atomic E-state index is -1.01. The molecule has 2 aromatic heterocycles. The maximum atomic E-state index is 11.7. The average molecular weight is 354 g/mol. The Labute approximate surface area is 142 Å². The summed E-state index contributed by atoms with van der Waals surface area (Å²) in [6, 6.07) is -0.736. The van der Waals surface area contributed by atoms with Crippen molar-refractivity contribution < 1.29 is 19.4 Å². The molecule has 0 saturated carbocycles. The first-order valence-electron chi connectivity index (χ1n) is 7.68. The highest BCUT2D eigenvalue weighted by molar-refractivity contribution is 5.75. The zero-order valence-electron chi connectivity index (χ0n) is 14.0. The number of esters is 1. The first kappa shape index (κ1) is 18.8. The second kappa shape index (κ2) is 8.05. The third kappa shape index (κ3) is 4.75. The van der Waals surface area contributed by atoms with Gasteiger partial charge < -0.3 is 26.0 Å². The quantitative estimate of drug-likeness (QED) is 0.414. The van der Waals surface area contributed by atoms with Crippen LogP contribution in [0.4, 0.5) is 5.95 Å². The molecule has 0 aliphatic rings. The zero-order valence-corrected chi connectivity index (χ0v) is 14.0. The average Bonchev–Trinajstić information content (AvgIpc) is 2.95. The van der Waals surface area contributed by atoms with Gasteiger partial charge in [-0.25, -0.2) is 4.98 Å². The van der Waals surface area contributed by atoms with Crippen molar-refractivity contribution in [3.8, 4) is 0 Å². The van der Waals surface area contributed by atoms with Crippen LogP contribution in [-0.4, -0.2) is 56.0 Å². The van der Waals surface area contributed by atoms with Crippen LogP contribution < -0.4 is 17.0 Å². The molecule has 0 saturated heterocycles. The Morgan fingerprint density at radius 1 is 1.44 bits per heavy atom. The minimum Gasteiger partial charge on any atom is -0.462 e. The smallest absolute Gasteiger partial charge is 0.323 e. The topological polar surface area (TPSA) is 171 Å². The van der Waals surface area contributed by atoms with Crippen LogP contribution >= 0.6 is 0 Å². The van der Waals surface area contributed by atoms with Crippen molar-refractivity contribution in [3.63, 3.8) is 0 Å². The second-order valence-corrected chi connectivity index (χ2v) is 5.89. The highest BCUT2D eigenvalue weighted by atomic mass is 16.6. The number of hydrogen-bond acceptors (Lipinski definition) is 9. The molecule has 2 rings (SSSR count). The van der Waals surface area contributed by atoms with Gasteiger partial charge in [0.2, 0.25) is 5.95 Å². The molecule has 2 unspecified atom stereocenters. The van der Waals surface area contributed by atoms with Crippen molar-refractivity contribution >= 4 is 23.1 Å². The number of aromatic amines is 1. The predicted octanol–water partition coefficient (Wildman–Crippen LogP) is -1.44. The van der Waals surface area contributed by atoms with Crippen molar-refractivity contribution in [1.82, 2.24) is 19.5 Å². The summed E-state index contributed by atoms with van der Waals surface area (Å²) < 4.78 is 11.7. The normalized spacial score (nSPS) is 14.0. The van der Waals surface area contributed by atoms with Gasteiger partial charge in [0.1, 0.15) is 25.5 Å². The summed E-state index contributed by atoms with van der Waals surface area (Å²) in [7, 11) is 0. The standard InChI is InChI=1S/C14H22N6O5/c1-7(2)9(15)13(23)25-4-8(21)3-24-6-20-5-17-10-11(20)18-14(16)19-12(10)22/h5,7-9,21H,3-4,6,15H2,1-2H3,(H3,16,18,19,22). The molecule has 0 aliphatic heterocycles. The summed E-state index contributed by atoms with van der Waals surface area (Å²) in [5.41, 5.74) is 11.1. The van der Waals surface area contributed by atoms with E-state index in [2.05, 4.69) is 15.0 Å². The Morgan fingerprint density at radius 2 is 2.16 bits per heavy atom. The second-order valence-electron chi connectivity index (χ2n) is 5.89. The molecule has 6 N–H and O–H groups in total. The van der Waals surface area contributed by atoms with Crippen LogP contribution in [0, 0.1) is 5.92 Å². The number of nitrogens with two attached hydrogens (primary N) is 2. The SMILES string of the molecule is CC(C)C(N)C(=O)OCC(O)COCn1cnc2c(=O)[nH]c(N)nc21. The number of nitrogens with zero attached hydrogens (tertiary/aromatic N) is 3. The molecule has 0 bridgehead atoms. The van der Waals surface area contributed by atoms with Gasteiger partial charge in [0, 0.05) is 0 Å². The first-order chi connectivity index (χ1) is 11.8. The summed E-state index contributed by atoms with van der Waals surface area (Å²) >= 11 is 0. The lowest BCUT2D eigenvalue weighted by atomic mass is 10.1. The largest absolute Gasteiger partial charge is 0.462 e. The molecule has 0 radical (unpaired) electrons. The lowest BCUT2D eigenvalue weighted by Crippen LogP contribution is -2.38. The Morgan fingerprint density at radius 3 is 2.84 bits per heavy atom. The molecule has 2 aromatic rings. The number of hydrogen-bond donors (Lipinski definition) is 4. The van der Waals surface area contributed by atoms with E-state index in [1.54, 1.807) is 13.8 Å². The van der Waals surface area contributed by atoms with Crippen molar-refractivity contribution in [2.24, 2.45) is 11.7 Å². The van der Waals surface area contributed by atoms with Gasteiger partial charge in [0.05, 0.1) is 12.9 Å². The van der Waals surface area contributed by atoms with Gasteiger partial charge in [-0.1, -0.05) is 13.8 Å². The van der Waals surface area contributed by atoms with Crippen molar-refractivity contribution in [3.05, 3.63) is 16.7 Å². The lowest BCUT2D eigenvalue weighted by molar-refractivity contribution is -0.150. The maximum absolute atomic E-state index is 11.7. The van der Waals surface area contributed by atoms with Crippen LogP contribution in [0.2, 0.25) is 0 Å². The highest BCUT2D eigenvalue weighted by Crippen LogP contribution is 2.07. The van der Waals surface area contributed by atoms with E-state index < -0.39 is 23.7 Å². The van der Waals surface area contributed by atoms with E-state index in [-0.39, 0.29) is 43.0 Å². The summed E-state index contributed by atoms with van der Waals surface area (Å²) in [5.74, 6) is -0.667. The van der Waals surface area contributed by atoms with Gasteiger partial charge >= 0.3 is 5.97 Å². The predicted molar refractivity (Wildman–Crippen MR) is 88.3 cm³/mol. The van der Waals surface area contributed by atoms with Crippen molar-refractivity contribution in [1.29, 1.82) is 0 Å². The number of anilines is 1. The molecule has 0 aliphatic carbocycles. The van der Waals surface area contributed by atoms with Gasteiger partial charge in [0.15, 0.2) is 11.2 Å². The molecule has 11 heteroatoms. The number of imidazole rings is 1. The zero-order chi connectivity index (χ0) is 18.6. The molecule has 11 nitrogen and oxygen atoms in total. The molecule has 2 atom stereocenters. The van der Waals surface area contributed by atoms with Crippen LogP contribution in [0.1, 0.15) is 13.8 Å². The number of carbonyl (C=O) groups excluding carboxylic acids is 1. The third-order valence-electron chi connectivity index (χ3n) is 3.44. The Bertz CT molecular complexity index is 786. The number of carbonyl (C=O) groups is 1. The van der Waals surface area contributed by atoms with Crippen LogP contribution in [-0.2, 0) is 21.0 Å². The van der Waals surface area contributed by atoms with E-state index in [0.717, 1.165) is 0 Å². The molecular weight excluding hydrogens is 332 g/mol. The fourth-order valence-electron chi connectivity index (χ4n) is 1.95. The third-order valence-corrected chi connectivity index (χ3v) is 3.44. The molecule has 25 heavy (non-hydrogen) atoms. The monoisotopic (exact) mass is 354 g/mol. The Balaban J connectivity index is 1.83. The number of nitrogen functional groups attached to an aromatic ring is 1. The van der Waals surface area contributed by atoms with E-state index in [4.69, 9.17) is 20.9 Å². The number of aliphatic hydroxyl groups excluding tert-OH is 1. The van der Waals surface area contributed by atoms with E-state index in [9.17, 15) is 14.7 Å². The van der Waals surface area contributed by atoms with Gasteiger partial charge in [-0.3, -0.25) is 19.1 Å². The fourth-order valence-corrected chi connectivity index (χ4v) is 1.95. The summed E-state index contributed by atoms with van der Waals surface area (Å²) in [6.45, 7) is 3.26. The van der Waals surface area contributed by atoms with Crippen LogP contribution in [0.25, 0.3) is 11.2 Å². The highest BCUT2D eigenvalue weighted by Gasteiger charge is 2.20. The Kier molecular flexibility index (Phi) is 6.07. The molecule has 2 heterocycles. The van der Waals surface area contributed by atoms with E-state index >= 15 is 0 Å². The number of ether oxygens (including phenoxy) is 2. The lowest BCUT2D eigenvalue weighted by Gasteiger charge is -2.16. The minimum absolute atomic E-state index is 0.0110. The molecule has 0 amide bonds. The fraction of sp³-hybridized carbons (Fsp3) is 0.571. The van der Waals surface area contributed by atoms with E-state index in [1.165, 1.54) is 10.9 Å². The number of fused-ring (bicyclic) bond motifs is 1.